The molecule has 4 aromatic rings. The molecule has 28 heavy (non-hydrogen) atoms. The van der Waals surface area contributed by atoms with Crippen LogP contribution in [0.15, 0.2) is 61.3 Å². The molecule has 0 aliphatic rings. The van der Waals surface area contributed by atoms with Crippen molar-refractivity contribution in [2.24, 2.45) is 0 Å². The van der Waals surface area contributed by atoms with E-state index in [1.807, 2.05) is 60.2 Å². The van der Waals surface area contributed by atoms with Gasteiger partial charge in [0.15, 0.2) is 0 Å². The zero-order valence-electron chi connectivity index (χ0n) is 15.5. The van der Waals surface area contributed by atoms with Crippen LogP contribution in [0.2, 0.25) is 5.02 Å². The number of nitrogens with zero attached hydrogens (tertiary/aromatic N) is 5. The largest absolute Gasteiger partial charge is 0.494 e. The molecule has 0 atom stereocenters. The first kappa shape index (κ1) is 18.1. The molecule has 0 aliphatic carbocycles. The highest BCUT2D eigenvalue weighted by Crippen LogP contribution is 2.28. The van der Waals surface area contributed by atoms with Crippen LogP contribution in [-0.2, 0) is 6.54 Å². The summed E-state index contributed by atoms with van der Waals surface area (Å²) in [5.74, 6) is 1.23. The summed E-state index contributed by atoms with van der Waals surface area (Å²) in [5.41, 5.74) is 3.75. The average Bonchev–Trinajstić information content (AvgIpc) is 3.30. The molecule has 7 nitrogen and oxygen atoms in total. The number of anilines is 2. The molecule has 0 aliphatic heterocycles. The third-order valence-corrected chi connectivity index (χ3v) is 4.43. The summed E-state index contributed by atoms with van der Waals surface area (Å²) in [4.78, 5) is 8.58. The van der Waals surface area contributed by atoms with E-state index in [1.54, 1.807) is 24.4 Å². The van der Waals surface area contributed by atoms with Crippen LogP contribution in [-0.4, -0.2) is 31.4 Å². The first-order chi connectivity index (χ1) is 13.6. The van der Waals surface area contributed by atoms with Gasteiger partial charge in [0.2, 0.25) is 5.95 Å². The van der Waals surface area contributed by atoms with Crippen LogP contribution in [0.5, 0.6) is 5.75 Å². The van der Waals surface area contributed by atoms with Crippen LogP contribution in [0.4, 0.5) is 11.6 Å². The Morgan fingerprint density at radius 3 is 2.75 bits per heavy atom. The Balaban J connectivity index is 1.51. The number of aromatic nitrogens is 5. The first-order valence-corrected chi connectivity index (χ1v) is 9.08. The Kier molecular flexibility index (Phi) is 4.99. The lowest BCUT2D eigenvalue weighted by Crippen LogP contribution is -2.02. The molecule has 0 saturated heterocycles. The molecule has 0 fully saturated rings. The van der Waals surface area contributed by atoms with Crippen molar-refractivity contribution in [3.8, 4) is 11.4 Å². The zero-order chi connectivity index (χ0) is 19.5. The number of halogens is 1. The number of hydrogen-bond acceptors (Lipinski definition) is 5. The fourth-order valence-corrected chi connectivity index (χ4v) is 3.11. The summed E-state index contributed by atoms with van der Waals surface area (Å²) >= 11 is 6.04. The normalized spacial score (nSPS) is 10.8. The molecule has 2 heterocycles. The summed E-state index contributed by atoms with van der Waals surface area (Å²) in [7, 11) is 1.64. The van der Waals surface area contributed by atoms with Gasteiger partial charge in [0.1, 0.15) is 12.1 Å². The Hall–Kier alpha value is -3.32. The Morgan fingerprint density at radius 2 is 2.00 bits per heavy atom. The van der Waals surface area contributed by atoms with Gasteiger partial charge in [-0.05, 0) is 36.8 Å². The SMILES string of the molecule is COc1cc(Nc2ncn(Cc3cccc(Cl)c3)n2)ccc1-n1cnc(C)c1. The number of imidazole rings is 1. The maximum absolute atomic E-state index is 6.04. The minimum atomic E-state index is 0.510. The van der Waals surface area contributed by atoms with Crippen molar-refractivity contribution >= 4 is 23.2 Å². The Bertz CT molecular complexity index is 1100. The second-order valence-corrected chi connectivity index (χ2v) is 6.77. The molecule has 0 amide bonds. The molecule has 0 bridgehead atoms. The number of hydrogen-bond donors (Lipinski definition) is 1. The third kappa shape index (κ3) is 3.99. The summed E-state index contributed by atoms with van der Waals surface area (Å²) in [6.45, 7) is 2.54. The van der Waals surface area contributed by atoms with Crippen LogP contribution >= 0.6 is 11.6 Å². The Morgan fingerprint density at radius 1 is 1.11 bits per heavy atom. The quantitative estimate of drug-likeness (QED) is 0.530. The van der Waals surface area contributed by atoms with Crippen molar-refractivity contribution in [2.75, 3.05) is 12.4 Å². The molecule has 0 radical (unpaired) electrons. The minimum absolute atomic E-state index is 0.510. The number of aryl methyl sites for hydroxylation is 1. The van der Waals surface area contributed by atoms with E-state index < -0.39 is 0 Å². The van der Waals surface area contributed by atoms with E-state index in [1.165, 1.54) is 0 Å². The van der Waals surface area contributed by atoms with Crippen LogP contribution in [0.3, 0.4) is 0 Å². The maximum Gasteiger partial charge on any atom is 0.246 e. The van der Waals surface area contributed by atoms with Gasteiger partial charge in [-0.2, -0.15) is 0 Å². The molecule has 1 N–H and O–H groups in total. The van der Waals surface area contributed by atoms with Crippen molar-refractivity contribution in [1.29, 1.82) is 0 Å². The molecular weight excluding hydrogens is 376 g/mol. The van der Waals surface area contributed by atoms with Gasteiger partial charge in [-0.15, -0.1) is 5.10 Å². The average molecular weight is 395 g/mol. The number of ether oxygens (including phenoxy) is 1. The van der Waals surface area contributed by atoms with Crippen LogP contribution in [0.1, 0.15) is 11.3 Å². The van der Waals surface area contributed by atoms with Gasteiger partial charge in [-0.3, -0.25) is 0 Å². The zero-order valence-corrected chi connectivity index (χ0v) is 16.3. The van der Waals surface area contributed by atoms with E-state index in [2.05, 4.69) is 20.4 Å². The van der Waals surface area contributed by atoms with Gasteiger partial charge in [0, 0.05) is 23.0 Å². The van der Waals surface area contributed by atoms with Gasteiger partial charge < -0.3 is 14.6 Å². The second kappa shape index (κ2) is 7.74. The van der Waals surface area contributed by atoms with E-state index in [0.717, 1.165) is 28.4 Å². The molecule has 0 spiro atoms. The molecule has 2 aromatic carbocycles. The van der Waals surface area contributed by atoms with E-state index in [0.29, 0.717) is 17.5 Å². The van der Waals surface area contributed by atoms with E-state index in [-0.39, 0.29) is 0 Å². The number of nitrogens with one attached hydrogen (secondary N) is 1. The summed E-state index contributed by atoms with van der Waals surface area (Å²) in [6.07, 6.45) is 5.40. The molecular formula is C20H19ClN6O. The smallest absolute Gasteiger partial charge is 0.246 e. The van der Waals surface area contributed by atoms with Gasteiger partial charge in [0.25, 0.3) is 0 Å². The number of rotatable bonds is 6. The lowest BCUT2D eigenvalue weighted by molar-refractivity contribution is 0.413. The molecule has 142 valence electrons. The van der Waals surface area contributed by atoms with Crippen molar-refractivity contribution < 1.29 is 4.74 Å². The highest BCUT2D eigenvalue weighted by molar-refractivity contribution is 6.30. The summed E-state index contributed by atoms with van der Waals surface area (Å²) in [6, 6.07) is 13.5. The molecule has 8 heteroatoms. The lowest BCUT2D eigenvalue weighted by Gasteiger charge is -2.11. The third-order valence-electron chi connectivity index (χ3n) is 4.20. The Labute approximate surface area is 167 Å². The standard InChI is InChI=1S/C20H19ClN6O/c1-14-10-26(12-22-14)18-7-6-17(9-19(18)28-2)24-20-23-13-27(25-20)11-15-4-3-5-16(21)8-15/h3-10,12-13H,11H2,1-2H3,(H,24,25). The fraction of sp³-hybridized carbons (Fsp3) is 0.150. The summed E-state index contributed by atoms with van der Waals surface area (Å²) < 4.78 is 9.22. The topological polar surface area (TPSA) is 69.8 Å². The summed E-state index contributed by atoms with van der Waals surface area (Å²) in [5, 5.41) is 8.38. The molecule has 0 saturated carbocycles. The maximum atomic E-state index is 6.04. The molecule has 0 unspecified atom stereocenters. The van der Waals surface area contributed by atoms with Gasteiger partial charge in [-0.1, -0.05) is 23.7 Å². The second-order valence-electron chi connectivity index (χ2n) is 6.33. The molecule has 4 rings (SSSR count). The van der Waals surface area contributed by atoms with Gasteiger partial charge in [-0.25, -0.2) is 14.6 Å². The van der Waals surface area contributed by atoms with Crippen LogP contribution in [0.25, 0.3) is 5.69 Å². The predicted molar refractivity (Wildman–Crippen MR) is 109 cm³/mol. The predicted octanol–water partition coefficient (Wildman–Crippen LogP) is 4.23. The van der Waals surface area contributed by atoms with Gasteiger partial charge >= 0.3 is 0 Å². The number of benzene rings is 2. The lowest BCUT2D eigenvalue weighted by atomic mass is 10.2. The van der Waals surface area contributed by atoms with Crippen molar-refractivity contribution in [1.82, 2.24) is 24.3 Å². The minimum Gasteiger partial charge on any atom is -0.494 e. The van der Waals surface area contributed by atoms with Crippen LogP contribution < -0.4 is 10.1 Å². The molecule has 2 aromatic heterocycles. The van der Waals surface area contributed by atoms with Crippen molar-refractivity contribution in [3.63, 3.8) is 0 Å². The highest BCUT2D eigenvalue weighted by Gasteiger charge is 2.09. The van der Waals surface area contributed by atoms with E-state index in [9.17, 15) is 0 Å². The monoisotopic (exact) mass is 394 g/mol. The van der Waals surface area contributed by atoms with Crippen molar-refractivity contribution in [3.05, 3.63) is 77.6 Å². The number of methoxy groups -OCH3 is 1. The van der Waals surface area contributed by atoms with Crippen LogP contribution in [0, 0.1) is 6.92 Å². The fourth-order valence-electron chi connectivity index (χ4n) is 2.90. The van der Waals surface area contributed by atoms with Crippen molar-refractivity contribution in [2.45, 2.75) is 13.5 Å². The highest BCUT2D eigenvalue weighted by atomic mass is 35.5. The van der Waals surface area contributed by atoms with Gasteiger partial charge in [0.05, 0.1) is 31.4 Å². The first-order valence-electron chi connectivity index (χ1n) is 8.70. The van der Waals surface area contributed by atoms with E-state index >= 15 is 0 Å². The van der Waals surface area contributed by atoms with E-state index in [4.69, 9.17) is 16.3 Å².